The zero-order chi connectivity index (χ0) is 7.40. The molecule has 0 aromatic carbocycles. The van der Waals surface area contributed by atoms with Crippen LogP contribution in [0.4, 0.5) is 0 Å². The number of allylic oxidation sites excluding steroid dienone is 5. The minimum absolute atomic E-state index is 0.562. The molecule has 0 atom stereocenters. The Balaban J connectivity index is 3.05. The predicted molar refractivity (Wildman–Crippen MR) is 40.3 cm³/mol. The number of nitriles is 1. The Morgan fingerprint density at radius 2 is 2.20 bits per heavy atom. The van der Waals surface area contributed by atoms with E-state index in [9.17, 15) is 0 Å². The summed E-state index contributed by atoms with van der Waals surface area (Å²) in [7, 11) is 0. The minimum Gasteiger partial charge on any atom is -0.192 e. The van der Waals surface area contributed by atoms with E-state index in [0.29, 0.717) is 10.6 Å². The van der Waals surface area contributed by atoms with Gasteiger partial charge in [0.05, 0.1) is 11.6 Å². The smallest absolute Gasteiger partial charge is 0.0998 e. The number of nitrogens with zero attached hydrogens (tertiary/aromatic N) is 1. The molecule has 0 amide bonds. The van der Waals surface area contributed by atoms with Crippen LogP contribution in [0.25, 0.3) is 0 Å². The molecule has 0 aromatic rings. The first kappa shape index (κ1) is 6.89. The van der Waals surface area contributed by atoms with Crippen LogP contribution < -0.4 is 0 Å². The van der Waals surface area contributed by atoms with Crippen LogP contribution in [0.2, 0.25) is 0 Å². The molecule has 0 heterocycles. The van der Waals surface area contributed by atoms with Crippen molar-refractivity contribution in [3.05, 3.63) is 40.6 Å². The summed E-state index contributed by atoms with van der Waals surface area (Å²) in [5.74, 6) is 0. The van der Waals surface area contributed by atoms with Crippen LogP contribution in [0.15, 0.2) is 40.6 Å². The molecule has 0 saturated carbocycles. The molecule has 0 unspecified atom stereocenters. The van der Waals surface area contributed by atoms with E-state index in [1.807, 2.05) is 6.07 Å². The molecule has 0 spiro atoms. The number of hydrogen-bond acceptors (Lipinski definition) is 1. The largest absolute Gasteiger partial charge is 0.192 e. The monoisotopic (exact) mass is 149 g/mol. The van der Waals surface area contributed by atoms with Crippen molar-refractivity contribution in [2.75, 3.05) is 0 Å². The van der Waals surface area contributed by atoms with Gasteiger partial charge in [0.2, 0.25) is 0 Å². The average Bonchev–Trinajstić information content (AvgIpc) is 2.14. The van der Waals surface area contributed by atoms with Crippen LogP contribution in [-0.2, 0) is 0 Å². The van der Waals surface area contributed by atoms with E-state index >= 15 is 0 Å². The molecule has 0 saturated heterocycles. The van der Waals surface area contributed by atoms with Crippen LogP contribution in [0.3, 0.4) is 0 Å². The highest BCUT2D eigenvalue weighted by Crippen LogP contribution is 2.07. The molecule has 0 N–H and O–H groups in total. The Hall–Kier alpha value is -1.22. The summed E-state index contributed by atoms with van der Waals surface area (Å²) in [5, 5.41) is 9.01. The molecular formula is C8H4ClN. The third kappa shape index (κ3) is 1.63. The Bertz CT molecular complexity index is 296. The van der Waals surface area contributed by atoms with Gasteiger partial charge in [0.1, 0.15) is 0 Å². The van der Waals surface area contributed by atoms with E-state index in [1.54, 1.807) is 24.3 Å². The maximum absolute atomic E-state index is 8.43. The number of halogens is 1. The summed E-state index contributed by atoms with van der Waals surface area (Å²) < 4.78 is 0. The van der Waals surface area contributed by atoms with Crippen molar-refractivity contribution in [3.8, 4) is 6.07 Å². The zero-order valence-corrected chi connectivity index (χ0v) is 5.89. The van der Waals surface area contributed by atoms with Crippen molar-refractivity contribution in [1.82, 2.24) is 0 Å². The van der Waals surface area contributed by atoms with Crippen LogP contribution >= 0.6 is 11.6 Å². The van der Waals surface area contributed by atoms with Gasteiger partial charge in [-0.2, -0.15) is 5.26 Å². The Morgan fingerprint density at radius 3 is 2.90 bits per heavy atom. The molecule has 1 nitrogen and oxygen atoms in total. The molecule has 10 heavy (non-hydrogen) atoms. The summed E-state index contributed by atoms with van der Waals surface area (Å²) in [6.07, 6.45) is 6.52. The Labute approximate surface area is 64.2 Å². The van der Waals surface area contributed by atoms with Crippen molar-refractivity contribution in [2.24, 2.45) is 0 Å². The summed E-state index contributed by atoms with van der Waals surface area (Å²) in [4.78, 5) is 0. The first-order chi connectivity index (χ1) is 4.83. The van der Waals surface area contributed by atoms with Gasteiger partial charge >= 0.3 is 0 Å². The van der Waals surface area contributed by atoms with Crippen molar-refractivity contribution in [3.63, 3.8) is 0 Å². The summed E-state index contributed by atoms with van der Waals surface area (Å²) >= 11 is 5.61. The fourth-order valence-electron chi connectivity index (χ4n) is 0.546. The van der Waals surface area contributed by atoms with Gasteiger partial charge in [-0.25, -0.2) is 0 Å². The first-order valence-electron chi connectivity index (χ1n) is 2.73. The van der Waals surface area contributed by atoms with Gasteiger partial charge in [-0.3, -0.25) is 0 Å². The number of hydrogen-bond donors (Lipinski definition) is 0. The second-order valence-electron chi connectivity index (χ2n) is 1.74. The van der Waals surface area contributed by atoms with E-state index in [-0.39, 0.29) is 0 Å². The Kier molecular flexibility index (Phi) is 2.12. The molecule has 1 aliphatic carbocycles. The molecule has 48 valence electrons. The third-order valence-corrected chi connectivity index (χ3v) is 1.25. The molecule has 1 aliphatic rings. The van der Waals surface area contributed by atoms with E-state index in [0.717, 1.165) is 0 Å². The molecule has 0 bridgehead atoms. The maximum Gasteiger partial charge on any atom is 0.0998 e. The lowest BCUT2D eigenvalue weighted by molar-refractivity contribution is 1.50. The van der Waals surface area contributed by atoms with Gasteiger partial charge in [-0.15, -0.1) is 5.73 Å². The van der Waals surface area contributed by atoms with Gasteiger partial charge in [0, 0.05) is 5.03 Å². The van der Waals surface area contributed by atoms with Crippen LogP contribution in [0.5, 0.6) is 0 Å². The maximum atomic E-state index is 8.43. The van der Waals surface area contributed by atoms with Crippen LogP contribution in [-0.4, -0.2) is 0 Å². The van der Waals surface area contributed by atoms with E-state index in [1.165, 1.54) is 0 Å². The summed E-state index contributed by atoms with van der Waals surface area (Å²) in [5.41, 5.74) is 3.32. The molecule has 0 fully saturated rings. The van der Waals surface area contributed by atoms with Crippen molar-refractivity contribution in [2.45, 2.75) is 0 Å². The lowest BCUT2D eigenvalue weighted by Gasteiger charge is -1.78. The molecule has 2 heteroatoms. The fraction of sp³-hybridized carbons (Fsp3) is 0. The highest BCUT2D eigenvalue weighted by molar-refractivity contribution is 6.31. The van der Waals surface area contributed by atoms with Gasteiger partial charge in [0.25, 0.3) is 0 Å². The lowest BCUT2D eigenvalue weighted by atomic mass is 10.3. The first-order valence-corrected chi connectivity index (χ1v) is 3.11. The van der Waals surface area contributed by atoms with E-state index < -0.39 is 0 Å². The highest BCUT2D eigenvalue weighted by Gasteiger charge is 1.89. The summed E-state index contributed by atoms with van der Waals surface area (Å²) in [6.45, 7) is 0. The Morgan fingerprint density at radius 1 is 1.40 bits per heavy atom. The van der Waals surface area contributed by atoms with Gasteiger partial charge in [-0.1, -0.05) is 11.6 Å². The molecule has 0 aliphatic heterocycles. The standard InChI is InChI=1S/C8H4ClN/c9-8-3-1-2-7(6-10)4-5-8/h2-5H. The minimum atomic E-state index is 0.562. The predicted octanol–water partition coefficient (Wildman–Crippen LogP) is 2.28. The van der Waals surface area contributed by atoms with Crippen LogP contribution in [0, 0.1) is 11.3 Å². The van der Waals surface area contributed by atoms with Crippen molar-refractivity contribution in [1.29, 1.82) is 5.26 Å². The molecular weight excluding hydrogens is 146 g/mol. The fourth-order valence-corrected chi connectivity index (χ4v) is 0.672. The topological polar surface area (TPSA) is 23.8 Å². The SMILES string of the molecule is N#CC1=CC=C(Cl)C=C=C1. The quantitative estimate of drug-likeness (QED) is 0.485. The molecule has 0 radical (unpaired) electrons. The second kappa shape index (κ2) is 3.08. The third-order valence-electron chi connectivity index (χ3n) is 1.01. The highest BCUT2D eigenvalue weighted by atomic mass is 35.5. The molecule has 0 aromatic heterocycles. The normalized spacial score (nSPS) is 15.2. The number of rotatable bonds is 0. The zero-order valence-electron chi connectivity index (χ0n) is 5.13. The van der Waals surface area contributed by atoms with Gasteiger partial charge in [0.15, 0.2) is 0 Å². The van der Waals surface area contributed by atoms with Gasteiger partial charge in [-0.05, 0) is 24.3 Å². The lowest BCUT2D eigenvalue weighted by Crippen LogP contribution is -1.65. The van der Waals surface area contributed by atoms with Crippen molar-refractivity contribution >= 4 is 11.6 Å². The van der Waals surface area contributed by atoms with Crippen LogP contribution in [0.1, 0.15) is 0 Å². The second-order valence-corrected chi connectivity index (χ2v) is 2.18. The van der Waals surface area contributed by atoms with Gasteiger partial charge < -0.3 is 0 Å². The average molecular weight is 150 g/mol. The summed E-state index contributed by atoms with van der Waals surface area (Å²) in [6, 6.07) is 1.98. The van der Waals surface area contributed by atoms with Crippen molar-refractivity contribution < 1.29 is 0 Å². The van der Waals surface area contributed by atoms with E-state index in [4.69, 9.17) is 16.9 Å². The van der Waals surface area contributed by atoms with E-state index in [2.05, 4.69) is 5.73 Å². The molecule has 1 rings (SSSR count).